The number of aromatic nitrogens is 1. The summed E-state index contributed by atoms with van der Waals surface area (Å²) in [6.07, 6.45) is 4.37. The molecule has 2 heterocycles. The molecule has 114 valence electrons. The summed E-state index contributed by atoms with van der Waals surface area (Å²) in [6.45, 7) is 3.17. The molecule has 2 amide bonds. The molecule has 2 rings (SSSR count). The number of hydrogen-bond donors (Lipinski definition) is 2. The van der Waals surface area contributed by atoms with E-state index in [1.54, 1.807) is 11.0 Å². The first-order valence-electron chi connectivity index (χ1n) is 7.37. The molecule has 1 aromatic rings. The fourth-order valence-electron chi connectivity index (χ4n) is 2.51. The lowest BCUT2D eigenvalue weighted by molar-refractivity contribution is -0.122. The third kappa shape index (κ3) is 4.18. The van der Waals surface area contributed by atoms with E-state index < -0.39 is 0 Å². The lowest BCUT2D eigenvalue weighted by Crippen LogP contribution is -2.46. The van der Waals surface area contributed by atoms with Gasteiger partial charge in [0.2, 0.25) is 11.5 Å². The largest absolute Gasteiger partial charge is 0.353 e. The molecule has 6 heteroatoms. The minimum Gasteiger partial charge on any atom is -0.353 e. The number of aromatic amines is 1. The molecule has 1 saturated heterocycles. The Morgan fingerprint density at radius 1 is 1.38 bits per heavy atom. The predicted molar refractivity (Wildman–Crippen MR) is 79.0 cm³/mol. The first kappa shape index (κ1) is 15.3. The Kier molecular flexibility index (Phi) is 5.14. The molecule has 1 aliphatic rings. The molecule has 21 heavy (non-hydrogen) atoms. The van der Waals surface area contributed by atoms with Gasteiger partial charge in [-0.2, -0.15) is 0 Å². The third-order valence-corrected chi connectivity index (χ3v) is 3.65. The molecule has 0 spiro atoms. The number of amides is 2. The first-order chi connectivity index (χ1) is 10.1. The van der Waals surface area contributed by atoms with E-state index in [9.17, 15) is 14.4 Å². The van der Waals surface area contributed by atoms with Crippen molar-refractivity contribution in [3.63, 3.8) is 0 Å². The Bertz CT molecular complexity index is 559. The molecule has 0 unspecified atom stereocenters. The maximum Gasteiger partial charge on any atom is 0.254 e. The van der Waals surface area contributed by atoms with Gasteiger partial charge in [-0.15, -0.1) is 0 Å². The van der Waals surface area contributed by atoms with Crippen molar-refractivity contribution in [1.82, 2.24) is 15.2 Å². The van der Waals surface area contributed by atoms with Crippen molar-refractivity contribution in [2.45, 2.75) is 38.6 Å². The van der Waals surface area contributed by atoms with Gasteiger partial charge in [0, 0.05) is 43.4 Å². The highest BCUT2D eigenvalue weighted by Gasteiger charge is 2.24. The van der Waals surface area contributed by atoms with Gasteiger partial charge < -0.3 is 15.2 Å². The van der Waals surface area contributed by atoms with Crippen molar-refractivity contribution in [2.75, 3.05) is 13.1 Å². The summed E-state index contributed by atoms with van der Waals surface area (Å²) in [4.78, 5) is 39.3. The van der Waals surface area contributed by atoms with Crippen molar-refractivity contribution in [2.24, 2.45) is 0 Å². The van der Waals surface area contributed by atoms with Crippen molar-refractivity contribution in [3.05, 3.63) is 34.2 Å². The number of nitrogens with zero attached hydrogens (tertiary/aromatic N) is 1. The van der Waals surface area contributed by atoms with Crippen molar-refractivity contribution < 1.29 is 9.59 Å². The van der Waals surface area contributed by atoms with Crippen LogP contribution in [0.5, 0.6) is 0 Å². The summed E-state index contributed by atoms with van der Waals surface area (Å²) in [5.74, 6) is -0.0451. The smallest absolute Gasteiger partial charge is 0.254 e. The maximum atomic E-state index is 12.3. The van der Waals surface area contributed by atoms with E-state index in [2.05, 4.69) is 10.3 Å². The van der Waals surface area contributed by atoms with Gasteiger partial charge in [-0.25, -0.2) is 0 Å². The van der Waals surface area contributed by atoms with Gasteiger partial charge in [-0.1, -0.05) is 6.92 Å². The zero-order valence-electron chi connectivity index (χ0n) is 12.2. The number of H-pyrrole nitrogens is 1. The van der Waals surface area contributed by atoms with Gasteiger partial charge in [-0.3, -0.25) is 14.4 Å². The molecule has 0 atom stereocenters. The fourth-order valence-corrected chi connectivity index (χ4v) is 2.51. The SMILES string of the molecule is CCCC(=O)NC1CCN(C(=O)c2cc[nH]c(=O)c2)CC1. The summed E-state index contributed by atoms with van der Waals surface area (Å²) in [5.41, 5.74) is 0.134. The van der Waals surface area contributed by atoms with Gasteiger partial charge in [0.25, 0.3) is 5.91 Å². The van der Waals surface area contributed by atoms with Gasteiger partial charge >= 0.3 is 0 Å². The normalized spacial score (nSPS) is 15.8. The fraction of sp³-hybridized carbons (Fsp3) is 0.533. The highest BCUT2D eigenvalue weighted by atomic mass is 16.2. The average Bonchev–Trinajstić information content (AvgIpc) is 2.47. The summed E-state index contributed by atoms with van der Waals surface area (Å²) in [5, 5.41) is 3.00. The third-order valence-electron chi connectivity index (χ3n) is 3.65. The number of carbonyl (C=O) groups excluding carboxylic acids is 2. The Hall–Kier alpha value is -2.11. The molecular formula is C15H21N3O3. The van der Waals surface area contributed by atoms with Crippen LogP contribution in [-0.4, -0.2) is 40.8 Å². The van der Waals surface area contributed by atoms with Crippen LogP contribution in [0.1, 0.15) is 43.0 Å². The van der Waals surface area contributed by atoms with Gasteiger partial charge in [0.05, 0.1) is 0 Å². The standard InChI is InChI=1S/C15H21N3O3/c1-2-3-13(19)17-12-5-8-18(9-6-12)15(21)11-4-7-16-14(20)10-11/h4,7,10,12H,2-3,5-6,8-9H2,1H3,(H,16,20)(H,17,19). The molecule has 1 aliphatic heterocycles. The second kappa shape index (κ2) is 7.06. The maximum absolute atomic E-state index is 12.3. The van der Waals surface area contributed by atoms with E-state index in [1.165, 1.54) is 12.3 Å². The number of rotatable bonds is 4. The van der Waals surface area contributed by atoms with E-state index in [0.717, 1.165) is 19.3 Å². The van der Waals surface area contributed by atoms with Crippen LogP contribution in [0.2, 0.25) is 0 Å². The highest BCUT2D eigenvalue weighted by Crippen LogP contribution is 2.13. The van der Waals surface area contributed by atoms with Crippen LogP contribution >= 0.6 is 0 Å². The van der Waals surface area contributed by atoms with E-state index in [-0.39, 0.29) is 23.4 Å². The predicted octanol–water partition coefficient (Wildman–Crippen LogP) is 0.896. The van der Waals surface area contributed by atoms with Gasteiger partial charge in [0.1, 0.15) is 0 Å². The molecule has 6 nitrogen and oxygen atoms in total. The lowest BCUT2D eigenvalue weighted by atomic mass is 10.0. The van der Waals surface area contributed by atoms with Gasteiger partial charge in [-0.05, 0) is 25.3 Å². The number of piperidine rings is 1. The number of carbonyl (C=O) groups is 2. The Morgan fingerprint density at radius 2 is 2.10 bits per heavy atom. The van der Waals surface area contributed by atoms with E-state index in [1.807, 2.05) is 6.92 Å². The molecule has 0 aliphatic carbocycles. The molecular weight excluding hydrogens is 270 g/mol. The number of hydrogen-bond acceptors (Lipinski definition) is 3. The van der Waals surface area contributed by atoms with Crippen LogP contribution in [-0.2, 0) is 4.79 Å². The minimum absolute atomic E-state index is 0.0804. The zero-order chi connectivity index (χ0) is 15.2. The van der Waals surface area contributed by atoms with E-state index >= 15 is 0 Å². The summed E-state index contributed by atoms with van der Waals surface area (Å²) in [7, 11) is 0. The second-order valence-electron chi connectivity index (χ2n) is 5.33. The van der Waals surface area contributed by atoms with Crippen molar-refractivity contribution in [3.8, 4) is 0 Å². The Morgan fingerprint density at radius 3 is 2.71 bits per heavy atom. The number of likely N-dealkylation sites (tertiary alicyclic amines) is 1. The van der Waals surface area contributed by atoms with Crippen LogP contribution < -0.4 is 10.9 Å². The monoisotopic (exact) mass is 291 g/mol. The van der Waals surface area contributed by atoms with Crippen LogP contribution in [0.25, 0.3) is 0 Å². The molecule has 2 N–H and O–H groups in total. The molecule has 0 radical (unpaired) electrons. The van der Waals surface area contributed by atoms with Crippen LogP contribution in [0, 0.1) is 0 Å². The van der Waals surface area contributed by atoms with Crippen LogP contribution in [0.4, 0.5) is 0 Å². The highest BCUT2D eigenvalue weighted by molar-refractivity contribution is 5.94. The van der Waals surface area contributed by atoms with Gasteiger partial charge in [0.15, 0.2) is 0 Å². The summed E-state index contributed by atoms with van der Waals surface area (Å²) in [6, 6.07) is 3.07. The summed E-state index contributed by atoms with van der Waals surface area (Å²) >= 11 is 0. The number of pyridine rings is 1. The lowest BCUT2D eigenvalue weighted by Gasteiger charge is -2.32. The quantitative estimate of drug-likeness (QED) is 0.864. The molecule has 1 aromatic heterocycles. The van der Waals surface area contributed by atoms with Crippen LogP contribution in [0.15, 0.2) is 23.1 Å². The second-order valence-corrected chi connectivity index (χ2v) is 5.33. The molecule has 0 bridgehead atoms. The van der Waals surface area contributed by atoms with Crippen molar-refractivity contribution in [1.29, 1.82) is 0 Å². The van der Waals surface area contributed by atoms with E-state index in [0.29, 0.717) is 25.1 Å². The summed E-state index contributed by atoms with van der Waals surface area (Å²) < 4.78 is 0. The average molecular weight is 291 g/mol. The molecule has 1 fully saturated rings. The zero-order valence-corrected chi connectivity index (χ0v) is 12.2. The topological polar surface area (TPSA) is 82.3 Å². The minimum atomic E-state index is -0.275. The molecule has 0 aromatic carbocycles. The van der Waals surface area contributed by atoms with Crippen LogP contribution in [0.3, 0.4) is 0 Å². The number of nitrogens with one attached hydrogen (secondary N) is 2. The Labute approximate surface area is 123 Å². The molecule has 0 saturated carbocycles. The van der Waals surface area contributed by atoms with E-state index in [4.69, 9.17) is 0 Å². The Balaban J connectivity index is 1.87. The first-order valence-corrected chi connectivity index (χ1v) is 7.37. The van der Waals surface area contributed by atoms with Crippen molar-refractivity contribution >= 4 is 11.8 Å².